The normalized spacial score (nSPS) is 15.8. The van der Waals surface area contributed by atoms with E-state index in [9.17, 15) is 18.0 Å². The first-order valence-corrected chi connectivity index (χ1v) is 11.6. The number of amides is 1. The lowest BCUT2D eigenvalue weighted by Gasteiger charge is -2.34. The zero-order valence-electron chi connectivity index (χ0n) is 14.6. The monoisotopic (exact) mass is 481 g/mol. The highest BCUT2D eigenvalue weighted by atomic mass is 79.9. The first-order valence-electron chi connectivity index (χ1n) is 8.53. The fourth-order valence-corrected chi connectivity index (χ4v) is 5.93. The van der Waals surface area contributed by atoms with Crippen molar-refractivity contribution < 1.29 is 13.2 Å². The third-order valence-electron chi connectivity index (χ3n) is 4.66. The van der Waals surface area contributed by atoms with Gasteiger partial charge in [0, 0.05) is 30.7 Å². The summed E-state index contributed by atoms with van der Waals surface area (Å²) in [6.45, 7) is 1.08. The predicted molar refractivity (Wildman–Crippen MR) is 111 cm³/mol. The minimum Gasteiger partial charge on any atom is -0.336 e. The Bertz CT molecular complexity index is 1210. The summed E-state index contributed by atoms with van der Waals surface area (Å²) >= 11 is 4.36. The maximum Gasteiger partial charge on any atom is 0.305 e. The van der Waals surface area contributed by atoms with E-state index < -0.39 is 10.0 Å². The summed E-state index contributed by atoms with van der Waals surface area (Å²) in [5.74, 6) is -0.122. The maximum absolute atomic E-state index is 13.0. The molecular weight excluding hydrogens is 466 g/mol. The molecule has 1 fully saturated rings. The number of nitrogens with one attached hydrogen (secondary N) is 1. The number of H-pyrrole nitrogens is 1. The molecule has 10 heteroatoms. The van der Waals surface area contributed by atoms with Crippen molar-refractivity contribution in [3.63, 3.8) is 0 Å². The van der Waals surface area contributed by atoms with E-state index in [0.717, 1.165) is 11.3 Å². The van der Waals surface area contributed by atoms with Crippen LogP contribution < -0.4 is 4.87 Å². The highest BCUT2D eigenvalue weighted by Gasteiger charge is 2.31. The van der Waals surface area contributed by atoms with Gasteiger partial charge in [-0.25, -0.2) is 8.42 Å². The molecule has 7 nitrogen and oxygen atoms in total. The van der Waals surface area contributed by atoms with E-state index in [-0.39, 0.29) is 28.8 Å². The minimum absolute atomic E-state index is 0.122. The van der Waals surface area contributed by atoms with Gasteiger partial charge in [-0.1, -0.05) is 23.5 Å². The smallest absolute Gasteiger partial charge is 0.305 e. The Morgan fingerprint density at radius 3 is 2.50 bits per heavy atom. The second kappa shape index (κ2) is 7.43. The van der Waals surface area contributed by atoms with Gasteiger partial charge in [-0.2, -0.15) is 4.31 Å². The summed E-state index contributed by atoms with van der Waals surface area (Å²) in [5, 5.41) is 0. The van der Waals surface area contributed by atoms with E-state index in [2.05, 4.69) is 20.9 Å². The summed E-state index contributed by atoms with van der Waals surface area (Å²) in [4.78, 5) is 28.4. The van der Waals surface area contributed by atoms with Gasteiger partial charge in [-0.05, 0) is 46.3 Å². The molecule has 1 aromatic heterocycles. The lowest BCUT2D eigenvalue weighted by molar-refractivity contribution is 0.0697. The first kappa shape index (κ1) is 19.3. The molecular formula is C18H16BrN3O4S2. The van der Waals surface area contributed by atoms with Gasteiger partial charge in [0.1, 0.15) is 0 Å². The van der Waals surface area contributed by atoms with Crippen LogP contribution in [0, 0.1) is 0 Å². The van der Waals surface area contributed by atoms with Crippen LogP contribution in [0.25, 0.3) is 10.2 Å². The van der Waals surface area contributed by atoms with E-state index in [1.165, 1.54) is 16.4 Å². The van der Waals surface area contributed by atoms with Gasteiger partial charge in [0.05, 0.1) is 20.7 Å². The van der Waals surface area contributed by atoms with Gasteiger partial charge in [0.15, 0.2) is 0 Å². The van der Waals surface area contributed by atoms with Gasteiger partial charge >= 0.3 is 4.87 Å². The fourth-order valence-electron chi connectivity index (χ4n) is 3.17. The number of aromatic amines is 1. The van der Waals surface area contributed by atoms with Crippen LogP contribution in [-0.2, 0) is 10.0 Å². The number of sulfonamides is 1. The van der Waals surface area contributed by atoms with E-state index in [1.807, 2.05) is 6.07 Å². The lowest BCUT2D eigenvalue weighted by atomic mass is 10.2. The van der Waals surface area contributed by atoms with Crippen LogP contribution in [0.1, 0.15) is 10.4 Å². The van der Waals surface area contributed by atoms with Crippen molar-refractivity contribution in [2.45, 2.75) is 4.90 Å². The summed E-state index contributed by atoms with van der Waals surface area (Å²) in [6.07, 6.45) is 0. The highest BCUT2D eigenvalue weighted by Crippen LogP contribution is 2.24. The number of nitrogens with zero attached hydrogens (tertiary/aromatic N) is 2. The second-order valence-corrected chi connectivity index (χ2v) is 10.2. The zero-order valence-corrected chi connectivity index (χ0v) is 17.8. The zero-order chi connectivity index (χ0) is 19.9. The highest BCUT2D eigenvalue weighted by molar-refractivity contribution is 9.10. The number of halogens is 1. The van der Waals surface area contributed by atoms with Crippen LogP contribution in [0.15, 0.2) is 56.6 Å². The third kappa shape index (κ3) is 3.52. The van der Waals surface area contributed by atoms with Crippen molar-refractivity contribution in [2.24, 2.45) is 0 Å². The first-order chi connectivity index (χ1) is 13.4. The summed E-state index contributed by atoms with van der Waals surface area (Å²) in [7, 11) is -3.69. The van der Waals surface area contributed by atoms with E-state index >= 15 is 0 Å². The average molecular weight is 482 g/mol. The number of piperazine rings is 1. The predicted octanol–water partition coefficient (Wildman–Crippen LogP) is 2.50. The third-order valence-corrected chi connectivity index (χ3v) is 8.09. The number of fused-ring (bicyclic) bond motifs is 1. The molecule has 1 saturated heterocycles. The Labute approximate surface area is 173 Å². The number of hydrogen-bond acceptors (Lipinski definition) is 5. The quantitative estimate of drug-likeness (QED) is 0.621. The van der Waals surface area contributed by atoms with Crippen LogP contribution in [0.5, 0.6) is 0 Å². The van der Waals surface area contributed by atoms with Gasteiger partial charge in [-0.15, -0.1) is 0 Å². The van der Waals surface area contributed by atoms with Crippen molar-refractivity contribution >= 4 is 53.4 Å². The van der Waals surface area contributed by atoms with E-state index in [0.29, 0.717) is 33.3 Å². The molecule has 0 atom stereocenters. The van der Waals surface area contributed by atoms with Crippen LogP contribution in [0.3, 0.4) is 0 Å². The molecule has 2 aromatic carbocycles. The Morgan fingerprint density at radius 2 is 1.79 bits per heavy atom. The van der Waals surface area contributed by atoms with Crippen molar-refractivity contribution in [3.8, 4) is 0 Å². The van der Waals surface area contributed by atoms with Crippen molar-refractivity contribution in [1.82, 2.24) is 14.2 Å². The van der Waals surface area contributed by atoms with Gasteiger partial charge in [-0.3, -0.25) is 9.59 Å². The molecule has 146 valence electrons. The fraction of sp³-hybridized carbons (Fsp3) is 0.222. The Hall–Kier alpha value is -2.01. The lowest BCUT2D eigenvalue weighted by Crippen LogP contribution is -2.50. The number of aromatic nitrogens is 1. The van der Waals surface area contributed by atoms with E-state index in [1.54, 1.807) is 29.2 Å². The number of carbonyl (C=O) groups is 1. The number of hydrogen-bond donors (Lipinski definition) is 1. The molecule has 1 aliphatic heterocycles. The second-order valence-electron chi connectivity index (χ2n) is 6.35. The molecule has 0 bridgehead atoms. The van der Waals surface area contributed by atoms with Crippen molar-refractivity contribution in [2.75, 3.05) is 26.2 Å². The standard InChI is InChI=1S/C18H16BrN3O4S2/c19-14-4-2-1-3-13(14)17(23)21-7-9-22(10-8-21)28(25,26)12-5-6-15-16(11-12)27-18(24)20-15/h1-6,11H,7-10H2,(H,20,24). The van der Waals surface area contributed by atoms with Gasteiger partial charge in [0.25, 0.3) is 5.91 Å². The van der Waals surface area contributed by atoms with Crippen molar-refractivity contribution in [1.29, 1.82) is 0 Å². The largest absolute Gasteiger partial charge is 0.336 e. The Morgan fingerprint density at radius 1 is 1.07 bits per heavy atom. The average Bonchev–Trinajstić information content (AvgIpc) is 3.07. The molecule has 0 unspecified atom stereocenters. The SMILES string of the molecule is O=C(c1ccccc1Br)N1CCN(S(=O)(=O)c2ccc3[nH]c(=O)sc3c2)CC1. The van der Waals surface area contributed by atoms with Gasteiger partial charge < -0.3 is 9.88 Å². The van der Waals surface area contributed by atoms with Crippen LogP contribution >= 0.6 is 27.3 Å². The number of carbonyl (C=O) groups excluding carboxylic acids is 1. The van der Waals surface area contributed by atoms with Gasteiger partial charge in [0.2, 0.25) is 10.0 Å². The van der Waals surface area contributed by atoms with Crippen LogP contribution in [-0.4, -0.2) is 54.7 Å². The molecule has 4 rings (SSSR count). The van der Waals surface area contributed by atoms with Crippen molar-refractivity contribution in [3.05, 3.63) is 62.2 Å². The number of thiazole rings is 1. The molecule has 0 aliphatic carbocycles. The maximum atomic E-state index is 13.0. The van der Waals surface area contributed by atoms with Crippen LogP contribution in [0.2, 0.25) is 0 Å². The summed E-state index contributed by atoms with van der Waals surface area (Å²) in [5.41, 5.74) is 1.18. The molecule has 1 N–H and O–H groups in total. The number of benzene rings is 2. The number of rotatable bonds is 3. The molecule has 3 aromatic rings. The molecule has 1 amide bonds. The summed E-state index contributed by atoms with van der Waals surface area (Å²) in [6, 6.07) is 11.8. The van der Waals surface area contributed by atoms with Crippen LogP contribution in [0.4, 0.5) is 0 Å². The molecule has 0 spiro atoms. The molecule has 1 aliphatic rings. The summed E-state index contributed by atoms with van der Waals surface area (Å²) < 4.78 is 28.6. The molecule has 2 heterocycles. The Balaban J connectivity index is 1.51. The minimum atomic E-state index is -3.69. The topological polar surface area (TPSA) is 90.6 Å². The van der Waals surface area contributed by atoms with E-state index in [4.69, 9.17) is 0 Å². The molecule has 0 radical (unpaired) electrons. The molecule has 28 heavy (non-hydrogen) atoms. The Kier molecular flexibility index (Phi) is 5.13. The molecule has 0 saturated carbocycles.